The monoisotopic (exact) mass is 528 g/mol. The molecule has 2 aromatic carbocycles. The maximum atomic E-state index is 16.7. The first kappa shape index (κ1) is 26.0. The van der Waals surface area contributed by atoms with E-state index in [2.05, 4.69) is 4.98 Å². The summed E-state index contributed by atoms with van der Waals surface area (Å²) in [5.41, 5.74) is -12.7. The van der Waals surface area contributed by atoms with Crippen LogP contribution in [-0.4, -0.2) is 42.6 Å². The molecule has 0 fully saturated rings. The zero-order chi connectivity index (χ0) is 26.7. The Kier molecular flexibility index (Phi) is 5.91. The van der Waals surface area contributed by atoms with E-state index in [9.17, 15) is 22.0 Å². The van der Waals surface area contributed by atoms with Gasteiger partial charge in [0.1, 0.15) is 5.69 Å². The molecule has 2 heterocycles. The van der Waals surface area contributed by atoms with Crippen LogP contribution in [0.25, 0.3) is 10.9 Å². The van der Waals surface area contributed by atoms with E-state index in [0.717, 1.165) is 42.5 Å². The molecule has 0 radical (unpaired) electrons. The van der Waals surface area contributed by atoms with Crippen molar-refractivity contribution in [2.45, 2.75) is 29.2 Å². The van der Waals surface area contributed by atoms with Crippen molar-refractivity contribution in [2.75, 3.05) is 24.9 Å². The predicted octanol–water partition coefficient (Wildman–Crippen LogP) is 7.49. The Bertz CT molecular complexity index is 1280. The number of anilines is 2. The van der Waals surface area contributed by atoms with Crippen molar-refractivity contribution >= 4 is 22.3 Å². The smallest absolute Gasteiger partial charge is 0.299 e. The fourth-order valence-corrected chi connectivity index (χ4v) is 4.46. The molecule has 194 valence electrons. The highest BCUT2D eigenvalue weighted by Gasteiger charge is 2.85. The summed E-state index contributed by atoms with van der Waals surface area (Å²) in [5, 5.41) is -0.583. The van der Waals surface area contributed by atoms with E-state index in [4.69, 9.17) is 0 Å². The number of rotatable bonds is 7. The molecule has 3 aromatic rings. The number of benzene rings is 2. The van der Waals surface area contributed by atoms with Crippen molar-refractivity contribution in [3.8, 4) is 0 Å². The van der Waals surface area contributed by atoms with Crippen molar-refractivity contribution in [3.63, 3.8) is 0 Å². The van der Waals surface area contributed by atoms with Crippen LogP contribution in [0.4, 0.5) is 59.7 Å². The molecule has 4 rings (SSSR count). The summed E-state index contributed by atoms with van der Waals surface area (Å²) in [7, 11) is 0. The summed E-state index contributed by atoms with van der Waals surface area (Å²) in [6.45, 7) is -8.89. The van der Waals surface area contributed by atoms with Gasteiger partial charge in [0.25, 0.3) is 11.5 Å². The standard InChI is InChI=1S/C23H15F11N2/c24-10-19(27,28)18-16-17(14-8-4-5-9-15(14)35-18)36(13-6-2-1-3-7-13)23(34,21(31,32)12-26)22(16,33)20(29,30)11-25/h1-9H,10-12H2. The number of para-hydroxylation sites is 2. The number of pyridine rings is 1. The molecule has 0 N–H and O–H groups in total. The number of nitrogens with zero attached hydrogens (tertiary/aromatic N) is 2. The molecule has 0 amide bonds. The van der Waals surface area contributed by atoms with Gasteiger partial charge < -0.3 is 0 Å². The topological polar surface area (TPSA) is 16.1 Å². The molecule has 1 aliphatic heterocycles. The number of fused-ring (bicyclic) bond motifs is 3. The largest absolute Gasteiger partial charge is 0.331 e. The lowest BCUT2D eigenvalue weighted by molar-refractivity contribution is -0.275. The first-order chi connectivity index (χ1) is 16.7. The van der Waals surface area contributed by atoms with Crippen molar-refractivity contribution in [3.05, 3.63) is 65.9 Å². The summed E-state index contributed by atoms with van der Waals surface area (Å²) in [5.74, 6) is -21.9. The van der Waals surface area contributed by atoms with Gasteiger partial charge in [-0.05, 0) is 18.2 Å². The molecule has 2 unspecified atom stereocenters. The lowest BCUT2D eigenvalue weighted by Crippen LogP contribution is -2.69. The van der Waals surface area contributed by atoms with Crippen LogP contribution in [0.5, 0.6) is 0 Å². The minimum atomic E-state index is -5.77. The maximum Gasteiger partial charge on any atom is 0.331 e. The van der Waals surface area contributed by atoms with Gasteiger partial charge in [0.05, 0.1) is 16.8 Å². The van der Waals surface area contributed by atoms with Gasteiger partial charge in [-0.3, -0.25) is 4.90 Å². The average molecular weight is 528 g/mol. The minimum absolute atomic E-state index is 0.396. The van der Waals surface area contributed by atoms with Crippen molar-refractivity contribution in [1.82, 2.24) is 4.98 Å². The highest BCUT2D eigenvalue weighted by atomic mass is 19.3. The predicted molar refractivity (Wildman–Crippen MR) is 109 cm³/mol. The van der Waals surface area contributed by atoms with Gasteiger partial charge in [-0.1, -0.05) is 36.4 Å². The SMILES string of the molecule is FCC(F)(F)c1nc2ccccc2c2c1C(F)(C(F)(F)CF)C(F)(C(F)(F)CF)N2c1ccccc1. The third kappa shape index (κ3) is 3.13. The Morgan fingerprint density at radius 1 is 0.722 bits per heavy atom. The summed E-state index contributed by atoms with van der Waals surface area (Å²) in [4.78, 5) is 2.92. The van der Waals surface area contributed by atoms with Crippen LogP contribution in [-0.2, 0) is 11.6 Å². The summed E-state index contributed by atoms with van der Waals surface area (Å²) in [6.07, 6.45) is 0. The molecule has 0 spiro atoms. The third-order valence-corrected chi connectivity index (χ3v) is 6.05. The molecule has 13 heteroatoms. The fraction of sp³-hybridized carbons (Fsp3) is 0.348. The Morgan fingerprint density at radius 2 is 1.28 bits per heavy atom. The number of hydrogen-bond donors (Lipinski definition) is 0. The van der Waals surface area contributed by atoms with Gasteiger partial charge in [-0.15, -0.1) is 0 Å². The molecule has 1 aromatic heterocycles. The van der Waals surface area contributed by atoms with Gasteiger partial charge in [0, 0.05) is 11.1 Å². The number of alkyl halides is 11. The first-order valence-electron chi connectivity index (χ1n) is 10.2. The summed E-state index contributed by atoms with van der Waals surface area (Å²) >= 11 is 0. The van der Waals surface area contributed by atoms with E-state index in [1.165, 1.54) is 12.1 Å². The van der Waals surface area contributed by atoms with E-state index in [-0.39, 0.29) is 0 Å². The third-order valence-electron chi connectivity index (χ3n) is 6.05. The quantitative estimate of drug-likeness (QED) is 0.233. The molecule has 1 aliphatic rings. The summed E-state index contributed by atoms with van der Waals surface area (Å²) in [6, 6.07) is 9.42. The number of halogens is 11. The first-order valence-corrected chi connectivity index (χ1v) is 10.2. The molecule has 36 heavy (non-hydrogen) atoms. The van der Waals surface area contributed by atoms with Gasteiger partial charge in [-0.25, -0.2) is 26.9 Å². The lowest BCUT2D eigenvalue weighted by Gasteiger charge is -2.45. The van der Waals surface area contributed by atoms with Crippen LogP contribution in [0.15, 0.2) is 54.6 Å². The second kappa shape index (κ2) is 8.20. The van der Waals surface area contributed by atoms with E-state index >= 15 is 26.3 Å². The van der Waals surface area contributed by atoms with Gasteiger partial charge in [0.2, 0.25) is 0 Å². The lowest BCUT2D eigenvalue weighted by atomic mass is 9.78. The number of aromatic nitrogens is 1. The van der Waals surface area contributed by atoms with Crippen LogP contribution in [0.2, 0.25) is 0 Å². The van der Waals surface area contributed by atoms with Gasteiger partial charge >= 0.3 is 17.8 Å². The molecule has 0 aliphatic carbocycles. The number of hydrogen-bond acceptors (Lipinski definition) is 2. The van der Waals surface area contributed by atoms with Crippen LogP contribution in [0, 0.1) is 0 Å². The molecular weight excluding hydrogens is 513 g/mol. The van der Waals surface area contributed by atoms with E-state index in [1.807, 2.05) is 0 Å². The molecule has 0 bridgehead atoms. The highest BCUT2D eigenvalue weighted by molar-refractivity contribution is 5.99. The molecule has 0 saturated carbocycles. The molecule has 2 atom stereocenters. The van der Waals surface area contributed by atoms with E-state index < -0.39 is 87.7 Å². The minimum Gasteiger partial charge on any atom is -0.299 e. The van der Waals surface area contributed by atoms with Crippen molar-refractivity contribution in [1.29, 1.82) is 0 Å². The van der Waals surface area contributed by atoms with Crippen LogP contribution >= 0.6 is 0 Å². The van der Waals surface area contributed by atoms with Crippen molar-refractivity contribution in [2.24, 2.45) is 0 Å². The van der Waals surface area contributed by atoms with Crippen LogP contribution in [0.1, 0.15) is 11.3 Å². The second-order valence-electron chi connectivity index (χ2n) is 8.17. The highest BCUT2D eigenvalue weighted by Crippen LogP contribution is 2.69. The van der Waals surface area contributed by atoms with E-state index in [1.54, 1.807) is 0 Å². The Balaban J connectivity index is 2.35. The summed E-state index contributed by atoms with van der Waals surface area (Å²) < 4.78 is 163. The molecule has 2 nitrogen and oxygen atoms in total. The fourth-order valence-electron chi connectivity index (χ4n) is 4.46. The zero-order valence-corrected chi connectivity index (χ0v) is 17.9. The van der Waals surface area contributed by atoms with Gasteiger partial charge in [-0.2, -0.15) is 26.3 Å². The van der Waals surface area contributed by atoms with Crippen LogP contribution in [0.3, 0.4) is 0 Å². The average Bonchev–Trinajstić information content (AvgIpc) is 3.10. The van der Waals surface area contributed by atoms with E-state index in [0.29, 0.717) is 0 Å². The second-order valence-corrected chi connectivity index (χ2v) is 8.17. The maximum absolute atomic E-state index is 16.7. The molecule has 0 saturated heterocycles. The Labute approximate surface area is 196 Å². The van der Waals surface area contributed by atoms with Crippen LogP contribution < -0.4 is 4.90 Å². The van der Waals surface area contributed by atoms with Crippen molar-refractivity contribution < 1.29 is 48.3 Å². The Hall–Kier alpha value is -3.12. The molecular formula is C23H15F11N2. The Morgan fingerprint density at radius 3 is 1.83 bits per heavy atom. The zero-order valence-electron chi connectivity index (χ0n) is 17.9. The normalized spacial score (nSPS) is 22.8. The van der Waals surface area contributed by atoms with Gasteiger partial charge in [0.15, 0.2) is 20.0 Å².